The predicted octanol–water partition coefficient (Wildman–Crippen LogP) is 5.00. The molecule has 0 aromatic carbocycles. The lowest BCUT2D eigenvalue weighted by Gasteiger charge is -2.14. The summed E-state index contributed by atoms with van der Waals surface area (Å²) in [5, 5.41) is 3.16. The van der Waals surface area contributed by atoms with Gasteiger partial charge in [0.05, 0.1) is 10.5 Å². The SMILES string of the molecule is CCCCCCCCN1C(=O)C(=Cc2c(NCC)nc3ccc(C)cn3c2=O)SC1=S. The summed E-state index contributed by atoms with van der Waals surface area (Å²) in [5.41, 5.74) is 1.71. The molecule has 2 aromatic rings. The van der Waals surface area contributed by atoms with E-state index >= 15 is 0 Å². The predicted molar refractivity (Wildman–Crippen MR) is 134 cm³/mol. The number of aryl methyl sites for hydroxylation is 1. The van der Waals surface area contributed by atoms with Crippen molar-refractivity contribution in [2.45, 2.75) is 59.3 Å². The molecule has 31 heavy (non-hydrogen) atoms. The summed E-state index contributed by atoms with van der Waals surface area (Å²) < 4.78 is 2.08. The number of thiocarbonyl (C=S) groups is 1. The first-order chi connectivity index (χ1) is 15.0. The van der Waals surface area contributed by atoms with Crippen molar-refractivity contribution in [3.8, 4) is 0 Å². The first-order valence-corrected chi connectivity index (χ1v) is 12.2. The number of carbonyl (C=O) groups excluding carboxylic acids is 1. The summed E-state index contributed by atoms with van der Waals surface area (Å²) >= 11 is 6.71. The molecule has 0 atom stereocenters. The first-order valence-electron chi connectivity index (χ1n) is 11.0. The second-order valence-electron chi connectivity index (χ2n) is 7.75. The van der Waals surface area contributed by atoms with Crippen LogP contribution in [0.4, 0.5) is 5.82 Å². The van der Waals surface area contributed by atoms with Crippen LogP contribution in [0, 0.1) is 6.92 Å². The summed E-state index contributed by atoms with van der Waals surface area (Å²) in [6.45, 7) is 7.32. The van der Waals surface area contributed by atoms with Crippen LogP contribution >= 0.6 is 24.0 Å². The highest BCUT2D eigenvalue weighted by molar-refractivity contribution is 8.26. The molecule has 8 heteroatoms. The Morgan fingerprint density at radius 2 is 1.87 bits per heavy atom. The number of aromatic nitrogens is 2. The number of pyridine rings is 1. The molecular weight excluding hydrogens is 428 g/mol. The largest absolute Gasteiger partial charge is 0.370 e. The van der Waals surface area contributed by atoms with E-state index in [4.69, 9.17) is 12.2 Å². The van der Waals surface area contributed by atoms with Gasteiger partial charge in [0.2, 0.25) is 0 Å². The third-order valence-electron chi connectivity index (χ3n) is 5.23. The Kier molecular flexibility index (Phi) is 8.26. The Morgan fingerprint density at radius 1 is 1.13 bits per heavy atom. The minimum absolute atomic E-state index is 0.125. The van der Waals surface area contributed by atoms with Gasteiger partial charge in [0.1, 0.15) is 15.8 Å². The Hall–Kier alpha value is -2.19. The van der Waals surface area contributed by atoms with Crippen LogP contribution in [0.5, 0.6) is 0 Å². The van der Waals surface area contributed by atoms with Gasteiger partial charge in [0.25, 0.3) is 11.5 Å². The monoisotopic (exact) mass is 458 g/mol. The average Bonchev–Trinajstić information content (AvgIpc) is 3.01. The van der Waals surface area contributed by atoms with E-state index in [1.165, 1.54) is 41.8 Å². The third-order valence-corrected chi connectivity index (χ3v) is 6.61. The molecule has 0 unspecified atom stereocenters. The van der Waals surface area contributed by atoms with Gasteiger partial charge >= 0.3 is 0 Å². The van der Waals surface area contributed by atoms with E-state index in [0.717, 1.165) is 18.4 Å². The van der Waals surface area contributed by atoms with Crippen LogP contribution in [0.15, 0.2) is 28.0 Å². The fourth-order valence-electron chi connectivity index (χ4n) is 3.57. The number of hydrogen-bond donors (Lipinski definition) is 1. The molecule has 1 amide bonds. The van der Waals surface area contributed by atoms with Crippen molar-refractivity contribution in [2.24, 2.45) is 0 Å². The van der Waals surface area contributed by atoms with Crippen LogP contribution in [-0.4, -0.2) is 37.6 Å². The number of amides is 1. The molecule has 166 valence electrons. The minimum Gasteiger partial charge on any atom is -0.370 e. The van der Waals surface area contributed by atoms with Crippen molar-refractivity contribution in [3.05, 3.63) is 44.7 Å². The lowest BCUT2D eigenvalue weighted by molar-refractivity contribution is -0.122. The molecule has 1 saturated heterocycles. The van der Waals surface area contributed by atoms with Crippen LogP contribution < -0.4 is 10.9 Å². The maximum absolute atomic E-state index is 13.2. The van der Waals surface area contributed by atoms with Crippen LogP contribution in [0.25, 0.3) is 11.7 Å². The number of nitrogens with one attached hydrogen (secondary N) is 1. The van der Waals surface area contributed by atoms with Gasteiger partial charge in [-0.1, -0.05) is 69.1 Å². The second kappa shape index (κ2) is 10.9. The zero-order chi connectivity index (χ0) is 22.4. The minimum atomic E-state index is -0.203. The van der Waals surface area contributed by atoms with Crippen LogP contribution in [0.2, 0.25) is 0 Å². The summed E-state index contributed by atoms with van der Waals surface area (Å²) in [4.78, 5) is 32.9. The van der Waals surface area contributed by atoms with Crippen molar-refractivity contribution in [1.29, 1.82) is 0 Å². The van der Waals surface area contributed by atoms with E-state index in [-0.39, 0.29) is 11.5 Å². The van der Waals surface area contributed by atoms with E-state index in [1.54, 1.807) is 17.2 Å². The van der Waals surface area contributed by atoms with Crippen molar-refractivity contribution in [2.75, 3.05) is 18.4 Å². The molecule has 3 heterocycles. The van der Waals surface area contributed by atoms with Crippen LogP contribution in [0.3, 0.4) is 0 Å². The van der Waals surface area contributed by atoms with E-state index in [2.05, 4.69) is 17.2 Å². The zero-order valence-corrected chi connectivity index (χ0v) is 20.1. The quantitative estimate of drug-likeness (QED) is 0.307. The fourth-order valence-corrected chi connectivity index (χ4v) is 4.86. The zero-order valence-electron chi connectivity index (χ0n) is 18.4. The van der Waals surface area contributed by atoms with Gasteiger partial charge in [0, 0.05) is 19.3 Å². The molecule has 0 bridgehead atoms. The van der Waals surface area contributed by atoms with Crippen molar-refractivity contribution in [3.63, 3.8) is 0 Å². The summed E-state index contributed by atoms with van der Waals surface area (Å²) in [6, 6.07) is 3.74. The van der Waals surface area contributed by atoms with E-state index in [1.807, 2.05) is 26.0 Å². The van der Waals surface area contributed by atoms with Crippen molar-refractivity contribution >= 4 is 51.7 Å². The molecule has 0 saturated carbocycles. The number of nitrogens with zero attached hydrogens (tertiary/aromatic N) is 3. The number of thioether (sulfide) groups is 1. The van der Waals surface area contributed by atoms with Gasteiger partial charge in [-0.3, -0.25) is 18.9 Å². The summed E-state index contributed by atoms with van der Waals surface area (Å²) in [7, 11) is 0. The van der Waals surface area contributed by atoms with Crippen LogP contribution in [-0.2, 0) is 4.79 Å². The molecule has 3 rings (SSSR count). The average molecular weight is 459 g/mol. The molecular formula is C23H30N4O2S2. The maximum atomic E-state index is 13.2. The lowest BCUT2D eigenvalue weighted by Crippen LogP contribution is -2.29. The van der Waals surface area contributed by atoms with E-state index < -0.39 is 0 Å². The molecule has 6 nitrogen and oxygen atoms in total. The fraction of sp³-hybridized carbons (Fsp3) is 0.478. The van der Waals surface area contributed by atoms with Gasteiger partial charge in [-0.2, -0.15) is 0 Å². The highest BCUT2D eigenvalue weighted by atomic mass is 32.2. The highest BCUT2D eigenvalue weighted by Crippen LogP contribution is 2.33. The van der Waals surface area contributed by atoms with Gasteiger partial charge in [-0.25, -0.2) is 4.98 Å². The number of unbranched alkanes of at least 4 members (excludes halogenated alkanes) is 5. The van der Waals surface area contributed by atoms with Gasteiger partial charge < -0.3 is 5.32 Å². The number of anilines is 1. The highest BCUT2D eigenvalue weighted by Gasteiger charge is 2.32. The Bertz CT molecular complexity index is 1060. The van der Waals surface area contributed by atoms with E-state index in [9.17, 15) is 9.59 Å². The Morgan fingerprint density at radius 3 is 2.61 bits per heavy atom. The molecule has 1 aliphatic rings. The molecule has 2 aromatic heterocycles. The molecule has 1 N–H and O–H groups in total. The molecule has 1 fully saturated rings. The van der Waals surface area contributed by atoms with Gasteiger partial charge in [-0.05, 0) is 38.0 Å². The van der Waals surface area contributed by atoms with Gasteiger partial charge in [-0.15, -0.1) is 0 Å². The lowest BCUT2D eigenvalue weighted by atomic mass is 10.1. The molecule has 0 spiro atoms. The van der Waals surface area contributed by atoms with Gasteiger partial charge in [0.15, 0.2) is 0 Å². The standard InChI is InChI=1S/C23H30N4O2S2/c1-4-6-7-8-9-10-13-26-22(29)18(31-23(26)30)14-17-20(24-5-2)25-19-12-11-16(3)15-27(19)21(17)28/h11-12,14-15,24H,4-10,13H2,1-3H3. The molecule has 0 aliphatic carbocycles. The summed E-state index contributed by atoms with van der Waals surface area (Å²) in [6.07, 6.45) is 10.3. The normalized spacial score (nSPS) is 15.5. The Balaban J connectivity index is 1.84. The van der Waals surface area contributed by atoms with E-state index in [0.29, 0.717) is 39.3 Å². The van der Waals surface area contributed by atoms with Crippen molar-refractivity contribution in [1.82, 2.24) is 14.3 Å². The molecule has 1 aliphatic heterocycles. The van der Waals surface area contributed by atoms with Crippen molar-refractivity contribution < 1.29 is 4.79 Å². The number of fused-ring (bicyclic) bond motifs is 1. The summed E-state index contributed by atoms with van der Waals surface area (Å²) in [5.74, 6) is 0.359. The topological polar surface area (TPSA) is 66.7 Å². The number of rotatable bonds is 10. The smallest absolute Gasteiger partial charge is 0.267 e. The third kappa shape index (κ3) is 5.54. The van der Waals surface area contributed by atoms with Crippen LogP contribution in [0.1, 0.15) is 63.5 Å². The first kappa shape index (κ1) is 23.5. The number of hydrogen-bond acceptors (Lipinski definition) is 6. The molecule has 0 radical (unpaired) electrons. The Labute approximate surface area is 193 Å². The second-order valence-corrected chi connectivity index (χ2v) is 9.42. The number of carbonyl (C=O) groups is 1. The maximum Gasteiger partial charge on any atom is 0.267 e.